The number of rotatable bonds is 5. The number of nitrogens with zero attached hydrogens (tertiary/aromatic N) is 2. The molecule has 0 saturated carbocycles. The first-order chi connectivity index (χ1) is 10.9. The molecule has 0 aliphatic carbocycles. The number of halogens is 2. The zero-order valence-corrected chi connectivity index (χ0v) is 15.5. The van der Waals surface area contributed by atoms with Crippen molar-refractivity contribution in [3.8, 4) is 0 Å². The van der Waals surface area contributed by atoms with Gasteiger partial charge in [0.15, 0.2) is 0 Å². The highest BCUT2D eigenvalue weighted by Gasteiger charge is 2.10. The number of aryl methyl sites for hydroxylation is 2. The smallest absolute Gasteiger partial charge is 0.0909 e. The third kappa shape index (κ3) is 4.49. The fraction of sp³-hybridized carbons (Fsp3) is 0.316. The van der Waals surface area contributed by atoms with E-state index in [0.29, 0.717) is 10.0 Å². The molecule has 0 saturated heterocycles. The average molecular weight is 349 g/mol. The highest BCUT2D eigenvalue weighted by molar-refractivity contribution is 6.42. The summed E-state index contributed by atoms with van der Waals surface area (Å²) in [5, 5.41) is 1.24. The van der Waals surface area contributed by atoms with E-state index in [-0.39, 0.29) is 0 Å². The average Bonchev–Trinajstić information content (AvgIpc) is 2.52. The molecule has 23 heavy (non-hydrogen) atoms. The van der Waals surface area contributed by atoms with Gasteiger partial charge in [-0.3, -0.25) is 0 Å². The molecule has 0 atom stereocenters. The highest BCUT2D eigenvalue weighted by atomic mass is 35.5. The Morgan fingerprint density at radius 3 is 2.39 bits per heavy atom. The summed E-state index contributed by atoms with van der Waals surface area (Å²) in [7, 11) is 2.01. The third-order valence-corrected chi connectivity index (χ3v) is 4.84. The molecule has 2 nitrogen and oxygen atoms in total. The molecule has 122 valence electrons. The minimum atomic E-state index is 0.600. The summed E-state index contributed by atoms with van der Waals surface area (Å²) >= 11 is 12.4. The van der Waals surface area contributed by atoms with Crippen molar-refractivity contribution in [1.29, 1.82) is 0 Å². The third-order valence-electron chi connectivity index (χ3n) is 3.98. The number of aliphatic imine (C=N–C) groups is 1. The Balaban J connectivity index is 2.30. The van der Waals surface area contributed by atoms with Crippen LogP contribution < -0.4 is 0 Å². The van der Waals surface area contributed by atoms with Crippen LogP contribution in [0, 0.1) is 13.8 Å². The summed E-state index contributed by atoms with van der Waals surface area (Å²) < 4.78 is 0. The van der Waals surface area contributed by atoms with Crippen LogP contribution in [0.1, 0.15) is 29.2 Å². The molecular formula is C19H22Cl2N2. The predicted octanol–water partition coefficient (Wildman–Crippen LogP) is 5.81. The first-order valence-electron chi connectivity index (χ1n) is 7.69. The highest BCUT2D eigenvalue weighted by Crippen LogP contribution is 2.30. The molecule has 0 N–H and O–H groups in total. The second-order valence-corrected chi connectivity index (χ2v) is 6.55. The van der Waals surface area contributed by atoms with Crippen LogP contribution in [0.15, 0.2) is 35.3 Å². The van der Waals surface area contributed by atoms with Gasteiger partial charge in [-0.25, -0.2) is 4.99 Å². The lowest BCUT2D eigenvalue weighted by Gasteiger charge is -2.13. The van der Waals surface area contributed by atoms with Gasteiger partial charge in [0, 0.05) is 13.6 Å². The fourth-order valence-corrected chi connectivity index (χ4v) is 2.83. The molecule has 0 aliphatic rings. The van der Waals surface area contributed by atoms with Crippen LogP contribution in [-0.4, -0.2) is 24.8 Å². The Bertz CT molecular complexity index is 700. The van der Waals surface area contributed by atoms with E-state index >= 15 is 0 Å². The maximum atomic E-state index is 6.32. The zero-order chi connectivity index (χ0) is 17.0. The normalized spacial score (nSPS) is 11.2. The van der Waals surface area contributed by atoms with Gasteiger partial charge in [0.2, 0.25) is 0 Å². The standard InChI is InChI=1S/C19H22Cl2N2/c1-5-23(4)12-22-16-9-13(2)17(14(3)10-16)11-15-7-6-8-18(20)19(15)21/h6-10,12H,5,11H2,1-4H3. The zero-order valence-electron chi connectivity index (χ0n) is 14.0. The molecule has 0 radical (unpaired) electrons. The summed E-state index contributed by atoms with van der Waals surface area (Å²) in [6.07, 6.45) is 2.64. The molecule has 0 bridgehead atoms. The van der Waals surface area contributed by atoms with E-state index in [1.807, 2.05) is 36.5 Å². The molecule has 0 heterocycles. The van der Waals surface area contributed by atoms with Crippen LogP contribution in [0.2, 0.25) is 10.0 Å². The van der Waals surface area contributed by atoms with E-state index < -0.39 is 0 Å². The lowest BCUT2D eigenvalue weighted by Crippen LogP contribution is -2.14. The van der Waals surface area contributed by atoms with Crippen LogP contribution in [0.3, 0.4) is 0 Å². The van der Waals surface area contributed by atoms with Crippen LogP contribution in [0.4, 0.5) is 5.69 Å². The maximum absolute atomic E-state index is 6.32. The molecular weight excluding hydrogens is 327 g/mol. The summed E-state index contributed by atoms with van der Waals surface area (Å²) in [6.45, 7) is 7.26. The largest absolute Gasteiger partial charge is 0.366 e. The molecule has 0 aliphatic heterocycles. The first kappa shape index (κ1) is 17.8. The van der Waals surface area contributed by atoms with Crippen molar-refractivity contribution in [1.82, 2.24) is 4.90 Å². The van der Waals surface area contributed by atoms with Crippen molar-refractivity contribution in [3.05, 3.63) is 62.6 Å². The van der Waals surface area contributed by atoms with E-state index in [0.717, 1.165) is 24.2 Å². The number of hydrogen-bond acceptors (Lipinski definition) is 1. The van der Waals surface area contributed by atoms with Crippen LogP contribution in [-0.2, 0) is 6.42 Å². The van der Waals surface area contributed by atoms with Crippen molar-refractivity contribution >= 4 is 35.2 Å². The van der Waals surface area contributed by atoms with E-state index in [2.05, 4.69) is 37.9 Å². The molecule has 0 aromatic heterocycles. The maximum Gasteiger partial charge on any atom is 0.0909 e. The summed E-state index contributed by atoms with van der Waals surface area (Å²) in [4.78, 5) is 6.58. The second kappa shape index (κ2) is 7.85. The Morgan fingerprint density at radius 2 is 1.78 bits per heavy atom. The second-order valence-electron chi connectivity index (χ2n) is 5.77. The van der Waals surface area contributed by atoms with Crippen LogP contribution in [0.5, 0.6) is 0 Å². The Labute approximate surface area is 148 Å². The van der Waals surface area contributed by atoms with Crippen molar-refractivity contribution in [2.75, 3.05) is 13.6 Å². The van der Waals surface area contributed by atoms with Gasteiger partial charge >= 0.3 is 0 Å². The van der Waals surface area contributed by atoms with Gasteiger partial charge in [-0.1, -0.05) is 35.3 Å². The van der Waals surface area contributed by atoms with Crippen molar-refractivity contribution in [2.24, 2.45) is 4.99 Å². The minimum Gasteiger partial charge on any atom is -0.366 e. The SMILES string of the molecule is CCN(C)C=Nc1cc(C)c(Cc2cccc(Cl)c2Cl)c(C)c1. The van der Waals surface area contributed by atoms with E-state index in [9.17, 15) is 0 Å². The van der Waals surface area contributed by atoms with Crippen molar-refractivity contribution < 1.29 is 0 Å². The lowest BCUT2D eigenvalue weighted by molar-refractivity contribution is 0.552. The van der Waals surface area contributed by atoms with Gasteiger partial charge in [-0.05, 0) is 67.6 Å². The van der Waals surface area contributed by atoms with Gasteiger partial charge in [0.05, 0.1) is 22.1 Å². The summed E-state index contributed by atoms with van der Waals surface area (Å²) in [5.41, 5.74) is 5.73. The van der Waals surface area contributed by atoms with Gasteiger partial charge in [-0.15, -0.1) is 0 Å². The van der Waals surface area contributed by atoms with Gasteiger partial charge in [0.1, 0.15) is 0 Å². The first-order valence-corrected chi connectivity index (χ1v) is 8.45. The molecule has 0 fully saturated rings. The van der Waals surface area contributed by atoms with E-state index in [1.165, 1.54) is 16.7 Å². The van der Waals surface area contributed by atoms with Gasteiger partial charge in [0.25, 0.3) is 0 Å². The Hall–Kier alpha value is -1.51. The van der Waals surface area contributed by atoms with Gasteiger partial charge in [-0.2, -0.15) is 0 Å². The summed E-state index contributed by atoms with van der Waals surface area (Å²) in [5.74, 6) is 0. The van der Waals surface area contributed by atoms with Crippen molar-refractivity contribution in [2.45, 2.75) is 27.2 Å². The Kier molecular flexibility index (Phi) is 6.09. The van der Waals surface area contributed by atoms with Crippen LogP contribution >= 0.6 is 23.2 Å². The molecule has 2 rings (SSSR count). The topological polar surface area (TPSA) is 15.6 Å². The van der Waals surface area contributed by atoms with Crippen molar-refractivity contribution in [3.63, 3.8) is 0 Å². The molecule has 0 amide bonds. The minimum absolute atomic E-state index is 0.600. The molecule has 2 aromatic carbocycles. The monoisotopic (exact) mass is 348 g/mol. The number of benzene rings is 2. The summed E-state index contributed by atoms with van der Waals surface area (Å²) in [6, 6.07) is 10.00. The predicted molar refractivity (Wildman–Crippen MR) is 102 cm³/mol. The molecule has 0 unspecified atom stereocenters. The molecule has 0 spiro atoms. The quantitative estimate of drug-likeness (QED) is 0.491. The molecule has 2 aromatic rings. The van der Waals surface area contributed by atoms with E-state index in [4.69, 9.17) is 23.2 Å². The fourth-order valence-electron chi connectivity index (χ4n) is 2.45. The number of hydrogen-bond donors (Lipinski definition) is 0. The van der Waals surface area contributed by atoms with Gasteiger partial charge < -0.3 is 4.90 Å². The Morgan fingerprint density at radius 1 is 1.13 bits per heavy atom. The van der Waals surface area contributed by atoms with E-state index in [1.54, 1.807) is 0 Å². The lowest BCUT2D eigenvalue weighted by atomic mass is 9.95. The van der Waals surface area contributed by atoms with Crippen LogP contribution in [0.25, 0.3) is 0 Å². The molecule has 4 heteroatoms.